The molecule has 0 aromatic rings. The fourth-order valence-electron chi connectivity index (χ4n) is 5.69. The molecule has 3 aliphatic rings. The van der Waals surface area contributed by atoms with E-state index in [0.717, 1.165) is 24.7 Å². The molecule has 1 heterocycles. The molecule has 0 N–H and O–H groups in total. The van der Waals surface area contributed by atoms with E-state index in [9.17, 15) is 4.79 Å². The highest BCUT2D eigenvalue weighted by Crippen LogP contribution is 2.60. The Labute approximate surface area is 143 Å². The summed E-state index contributed by atoms with van der Waals surface area (Å²) in [4.78, 5) is 13.8. The number of hydrogen-bond donors (Lipinski definition) is 0. The average molecular weight is 369 g/mol. The molecule has 3 fully saturated rings. The average Bonchev–Trinajstić information content (AvgIpc) is 2.98. The van der Waals surface area contributed by atoms with Crippen molar-refractivity contribution in [2.45, 2.75) is 71.8 Å². The standard InChI is InChI=1S/C19H29BrO2/c1-12(9-15-10-13(2)18(21)22-15)16-6-7-17-14(11-20)5-4-8-19(16,17)3/h11-13,15-17H,4-10H2,1-3H3/t12-,13+,15-,16-,17?,19-/m1/s1. The smallest absolute Gasteiger partial charge is 0.309 e. The first-order chi connectivity index (χ1) is 10.5. The first-order valence-corrected chi connectivity index (χ1v) is 9.87. The molecule has 22 heavy (non-hydrogen) atoms. The summed E-state index contributed by atoms with van der Waals surface area (Å²) in [5.41, 5.74) is 2.08. The van der Waals surface area contributed by atoms with Gasteiger partial charge < -0.3 is 4.74 Å². The molecule has 0 aromatic carbocycles. The number of carbonyl (C=O) groups is 1. The minimum absolute atomic E-state index is 0.00915. The zero-order valence-corrected chi connectivity index (χ0v) is 15.7. The molecule has 1 aliphatic heterocycles. The number of rotatable bonds is 3. The third kappa shape index (κ3) is 2.79. The summed E-state index contributed by atoms with van der Waals surface area (Å²) in [6, 6.07) is 0. The van der Waals surface area contributed by atoms with E-state index in [4.69, 9.17) is 4.74 Å². The van der Waals surface area contributed by atoms with Crippen LogP contribution in [0.25, 0.3) is 0 Å². The van der Waals surface area contributed by atoms with Gasteiger partial charge in [-0.2, -0.15) is 0 Å². The number of allylic oxidation sites excluding steroid dienone is 1. The fourth-order valence-corrected chi connectivity index (χ4v) is 6.24. The van der Waals surface area contributed by atoms with Crippen LogP contribution in [-0.4, -0.2) is 12.1 Å². The van der Waals surface area contributed by atoms with E-state index < -0.39 is 0 Å². The second-order valence-electron chi connectivity index (χ2n) is 8.19. The van der Waals surface area contributed by atoms with Crippen molar-refractivity contribution in [1.29, 1.82) is 0 Å². The van der Waals surface area contributed by atoms with Crippen molar-refractivity contribution < 1.29 is 9.53 Å². The van der Waals surface area contributed by atoms with Crippen LogP contribution in [-0.2, 0) is 9.53 Å². The Morgan fingerprint density at radius 3 is 2.86 bits per heavy atom. The summed E-state index contributed by atoms with van der Waals surface area (Å²) in [6.45, 7) is 6.90. The third-order valence-electron chi connectivity index (χ3n) is 6.80. The molecule has 3 rings (SSSR count). The van der Waals surface area contributed by atoms with E-state index >= 15 is 0 Å². The van der Waals surface area contributed by atoms with Crippen LogP contribution in [0.5, 0.6) is 0 Å². The van der Waals surface area contributed by atoms with Gasteiger partial charge in [-0.1, -0.05) is 42.3 Å². The van der Waals surface area contributed by atoms with Crippen LogP contribution >= 0.6 is 15.9 Å². The summed E-state index contributed by atoms with van der Waals surface area (Å²) in [5, 5.41) is 0. The lowest BCUT2D eigenvalue weighted by atomic mass is 9.61. The summed E-state index contributed by atoms with van der Waals surface area (Å²) in [5.74, 6) is 2.29. The number of hydrogen-bond acceptors (Lipinski definition) is 2. The fraction of sp³-hybridized carbons (Fsp3) is 0.842. The highest BCUT2D eigenvalue weighted by atomic mass is 79.9. The van der Waals surface area contributed by atoms with Gasteiger partial charge in [-0.05, 0) is 73.1 Å². The molecule has 2 saturated carbocycles. The number of halogens is 1. The quantitative estimate of drug-likeness (QED) is 0.618. The predicted molar refractivity (Wildman–Crippen MR) is 92.6 cm³/mol. The van der Waals surface area contributed by atoms with Crippen molar-refractivity contribution in [3.05, 3.63) is 10.6 Å². The molecular weight excluding hydrogens is 340 g/mol. The highest BCUT2D eigenvalue weighted by Gasteiger charge is 2.51. The first kappa shape index (κ1) is 16.5. The van der Waals surface area contributed by atoms with Gasteiger partial charge >= 0.3 is 5.97 Å². The van der Waals surface area contributed by atoms with E-state index in [0.29, 0.717) is 11.3 Å². The van der Waals surface area contributed by atoms with Gasteiger partial charge in [0.15, 0.2) is 0 Å². The van der Waals surface area contributed by atoms with Gasteiger partial charge in [0.05, 0.1) is 5.92 Å². The van der Waals surface area contributed by atoms with Crippen LogP contribution in [0.15, 0.2) is 10.6 Å². The van der Waals surface area contributed by atoms with Gasteiger partial charge in [0.1, 0.15) is 6.10 Å². The number of cyclic esters (lactones) is 1. The second kappa shape index (κ2) is 6.30. The Bertz CT molecular complexity index is 472. The van der Waals surface area contributed by atoms with E-state index in [-0.39, 0.29) is 18.0 Å². The predicted octanol–water partition coefficient (Wildman–Crippen LogP) is 5.46. The topological polar surface area (TPSA) is 26.3 Å². The summed E-state index contributed by atoms with van der Waals surface area (Å²) in [6.07, 6.45) is 8.76. The lowest BCUT2D eigenvalue weighted by molar-refractivity contribution is -0.144. The molecule has 0 radical (unpaired) electrons. The third-order valence-corrected chi connectivity index (χ3v) is 7.39. The molecular formula is C19H29BrO2. The molecule has 1 saturated heterocycles. The highest BCUT2D eigenvalue weighted by molar-refractivity contribution is 9.11. The van der Waals surface area contributed by atoms with Crippen LogP contribution in [0, 0.1) is 29.1 Å². The van der Waals surface area contributed by atoms with Crippen LogP contribution in [0.2, 0.25) is 0 Å². The second-order valence-corrected chi connectivity index (χ2v) is 8.65. The van der Waals surface area contributed by atoms with Gasteiger partial charge in [-0.15, -0.1) is 0 Å². The van der Waals surface area contributed by atoms with Crippen LogP contribution < -0.4 is 0 Å². The molecule has 0 bridgehead atoms. The lowest BCUT2D eigenvalue weighted by Gasteiger charge is -2.44. The van der Waals surface area contributed by atoms with Crippen molar-refractivity contribution in [1.82, 2.24) is 0 Å². The number of fused-ring (bicyclic) bond motifs is 1. The number of esters is 1. The largest absolute Gasteiger partial charge is 0.462 e. The van der Waals surface area contributed by atoms with Crippen molar-refractivity contribution in [2.75, 3.05) is 0 Å². The van der Waals surface area contributed by atoms with Crippen LogP contribution in [0.3, 0.4) is 0 Å². The van der Waals surface area contributed by atoms with E-state index in [1.807, 2.05) is 6.92 Å². The van der Waals surface area contributed by atoms with Crippen molar-refractivity contribution in [3.63, 3.8) is 0 Å². The Morgan fingerprint density at radius 2 is 2.23 bits per heavy atom. The minimum Gasteiger partial charge on any atom is -0.462 e. The zero-order valence-electron chi connectivity index (χ0n) is 14.1. The molecule has 0 aromatic heterocycles. The molecule has 2 nitrogen and oxygen atoms in total. The lowest BCUT2D eigenvalue weighted by Crippen LogP contribution is -2.36. The Morgan fingerprint density at radius 1 is 1.45 bits per heavy atom. The maximum Gasteiger partial charge on any atom is 0.309 e. The Balaban J connectivity index is 1.68. The number of carbonyl (C=O) groups excluding carboxylic acids is 1. The molecule has 6 atom stereocenters. The molecule has 1 unspecified atom stereocenters. The molecule has 3 heteroatoms. The van der Waals surface area contributed by atoms with Gasteiger partial charge in [-0.25, -0.2) is 0 Å². The van der Waals surface area contributed by atoms with Crippen molar-refractivity contribution in [3.8, 4) is 0 Å². The van der Waals surface area contributed by atoms with Gasteiger partial charge in [0.2, 0.25) is 0 Å². The van der Waals surface area contributed by atoms with Gasteiger partial charge in [0.25, 0.3) is 0 Å². The first-order valence-electron chi connectivity index (χ1n) is 8.95. The molecule has 2 aliphatic carbocycles. The van der Waals surface area contributed by atoms with E-state index in [2.05, 4.69) is 34.8 Å². The SMILES string of the molecule is C[C@H](C[C@@H]1C[C@H](C)C(=O)O1)[C@H]1CCC2C(=CBr)CCC[C@@]21C. The summed E-state index contributed by atoms with van der Waals surface area (Å²) in [7, 11) is 0. The molecule has 0 spiro atoms. The summed E-state index contributed by atoms with van der Waals surface area (Å²) < 4.78 is 5.56. The Hall–Kier alpha value is -0.310. The maximum atomic E-state index is 11.6. The van der Waals surface area contributed by atoms with Crippen LogP contribution in [0.1, 0.15) is 65.7 Å². The van der Waals surface area contributed by atoms with E-state index in [1.165, 1.54) is 32.1 Å². The van der Waals surface area contributed by atoms with E-state index in [1.54, 1.807) is 5.57 Å². The van der Waals surface area contributed by atoms with Crippen molar-refractivity contribution in [2.24, 2.45) is 29.1 Å². The summed E-state index contributed by atoms with van der Waals surface area (Å²) >= 11 is 3.59. The number of ether oxygens (including phenoxy) is 1. The zero-order chi connectivity index (χ0) is 15.9. The normalized spacial score (nSPS) is 44.9. The van der Waals surface area contributed by atoms with Gasteiger partial charge in [0, 0.05) is 0 Å². The molecule has 124 valence electrons. The molecule has 0 amide bonds. The minimum atomic E-state index is 0.00915. The Kier molecular flexibility index (Phi) is 4.74. The van der Waals surface area contributed by atoms with Crippen molar-refractivity contribution >= 4 is 21.9 Å². The van der Waals surface area contributed by atoms with Crippen LogP contribution in [0.4, 0.5) is 0 Å². The van der Waals surface area contributed by atoms with Gasteiger partial charge in [-0.3, -0.25) is 4.79 Å². The maximum absolute atomic E-state index is 11.6. The monoisotopic (exact) mass is 368 g/mol.